The van der Waals surface area contributed by atoms with Gasteiger partial charge >= 0.3 is 30.3 Å². The zero-order valence-electron chi connectivity index (χ0n) is 54.6. The normalized spacial score (nSPS) is 18.5. The van der Waals surface area contributed by atoms with Crippen molar-refractivity contribution in [3.63, 3.8) is 0 Å². The van der Waals surface area contributed by atoms with Crippen LogP contribution in [0.25, 0.3) is 21.5 Å². The number of piperidine rings is 1. The van der Waals surface area contributed by atoms with Gasteiger partial charge in [0.05, 0.1) is 36.6 Å². The molecule has 20 heteroatoms. The number of benzene rings is 5. The number of aromatic nitrogens is 4. The summed E-state index contributed by atoms with van der Waals surface area (Å²) in [6.07, 6.45) is 7.74. The van der Waals surface area contributed by atoms with E-state index in [0.717, 1.165) is 128 Å². The molecule has 0 unspecified atom stereocenters. The van der Waals surface area contributed by atoms with E-state index in [1.165, 1.54) is 34.0 Å². The van der Waals surface area contributed by atoms with Crippen LogP contribution in [0.4, 0.5) is 37.4 Å². The van der Waals surface area contributed by atoms with E-state index in [0.29, 0.717) is 71.0 Å². The first-order valence-electron chi connectivity index (χ1n) is 33.1. The predicted molar refractivity (Wildman–Crippen MR) is 357 cm³/mol. The highest BCUT2D eigenvalue weighted by Gasteiger charge is 2.37. The maximum Gasteiger partial charge on any atom is 0.410 e. The highest BCUT2D eigenvalue weighted by atomic mass is 16.6. The zero-order chi connectivity index (χ0) is 64.1. The summed E-state index contributed by atoms with van der Waals surface area (Å²) in [5, 5.41) is 15.0. The van der Waals surface area contributed by atoms with E-state index in [9.17, 15) is 19.5 Å². The van der Waals surface area contributed by atoms with Gasteiger partial charge in [0.25, 0.3) is 0 Å². The molecule has 2 atom stereocenters. The smallest absolute Gasteiger partial charge is 0.410 e. The summed E-state index contributed by atoms with van der Waals surface area (Å²) in [4.78, 5) is 73.3. The molecule has 6 aliphatic rings. The summed E-state index contributed by atoms with van der Waals surface area (Å²) in [5.74, 6) is 2.10. The summed E-state index contributed by atoms with van der Waals surface area (Å²) in [7, 11) is 0. The van der Waals surface area contributed by atoms with Gasteiger partial charge in [-0.25, -0.2) is 14.4 Å². The molecule has 2 aromatic heterocycles. The minimum Gasteiger partial charge on any atom is -0.508 e. The Morgan fingerprint density at radius 1 is 0.511 bits per heavy atom. The number of rotatable bonds is 12. The van der Waals surface area contributed by atoms with Crippen LogP contribution in [-0.2, 0) is 46.7 Å². The van der Waals surface area contributed by atoms with Crippen molar-refractivity contribution in [1.29, 1.82) is 0 Å². The number of phenolic OH excluding ortho intramolecular Hbond substituents is 1. The van der Waals surface area contributed by atoms with Crippen LogP contribution in [0.3, 0.4) is 0 Å². The van der Waals surface area contributed by atoms with Crippen LogP contribution in [0.5, 0.6) is 17.8 Å². The highest BCUT2D eigenvalue weighted by Crippen LogP contribution is 2.39. The molecule has 0 aliphatic carbocycles. The quantitative estimate of drug-likeness (QED) is 0.113. The highest BCUT2D eigenvalue weighted by molar-refractivity contribution is 5.96. The third-order valence-corrected chi connectivity index (χ3v) is 18.1. The minimum absolute atomic E-state index is 0.0712. The van der Waals surface area contributed by atoms with Crippen LogP contribution in [0.1, 0.15) is 120 Å². The Bertz CT molecular complexity index is 3770. The van der Waals surface area contributed by atoms with Crippen molar-refractivity contribution in [2.45, 2.75) is 149 Å². The van der Waals surface area contributed by atoms with Crippen LogP contribution in [0, 0.1) is 6.92 Å². The number of hydrogen-bond donors (Lipinski definition) is 1. The summed E-state index contributed by atoms with van der Waals surface area (Å²) in [6.45, 7) is 22.7. The lowest BCUT2D eigenvalue weighted by molar-refractivity contribution is 0.0174. The SMILES string of the molecule is CC(C)(C)OC(=O)N1CCC[C@H]1COc1nc2c(c(N3CCCCC3)n1)CCN(c1cc(O)cc3ccccc13)C2.Cc1cc(N2CCc3c(nc(OC[C@@H]4CCCN4C(=O)OC(C)(C)C)nc3N3CCN(C(=O)OCc4ccccc4)CC3)C2)c2ccccc2c1. The summed E-state index contributed by atoms with van der Waals surface area (Å²) < 4.78 is 29.6. The van der Waals surface area contributed by atoms with Gasteiger partial charge in [0, 0.05) is 105 Å². The first-order chi connectivity index (χ1) is 44.4. The lowest BCUT2D eigenvalue weighted by Crippen LogP contribution is -2.49. The Kier molecular flexibility index (Phi) is 19.0. The average molecular weight is 1250 g/mol. The Labute approximate surface area is 540 Å². The number of nitrogens with zero attached hydrogens (tertiary/aromatic N) is 11. The van der Waals surface area contributed by atoms with Crippen LogP contribution < -0.4 is 29.1 Å². The van der Waals surface area contributed by atoms with Crippen molar-refractivity contribution in [3.8, 4) is 17.8 Å². The number of aryl methyl sites for hydroxylation is 1. The topological polar surface area (TPSA) is 192 Å². The number of likely N-dealkylation sites (tertiary alicyclic amines) is 2. The van der Waals surface area contributed by atoms with Crippen molar-refractivity contribution in [3.05, 3.63) is 137 Å². The molecular formula is C72H89N11O9. The second kappa shape index (κ2) is 27.6. The molecule has 4 fully saturated rings. The molecule has 0 spiro atoms. The maximum atomic E-state index is 13.0. The first-order valence-corrected chi connectivity index (χ1v) is 33.1. The van der Waals surface area contributed by atoms with E-state index in [1.54, 1.807) is 14.7 Å². The standard InChI is InChI=1S/C40H48N6O5.C32H41N5O4/c1-28-23-30-13-8-9-15-32(30)35(24-28)45-18-16-33-34(25-45)41-37(49-27-31-14-10-17-46(31)39(48)51-40(2,3)4)42-36(33)43-19-21-44(22-20-43)38(47)50-26-29-11-6-5-7-12-29;1-32(2,3)41-31(39)37-16-9-11-23(37)21-40-30-33-27-20-36(28-19-24(38)18-22-10-5-6-12-25(22)28)17-13-26(27)29(34-30)35-14-7-4-8-15-35/h5-9,11-13,15,23-24,31H,10,14,16-22,25-27H2,1-4H3;5-6,10,12,18-19,23,38H,4,7-9,11,13-17,20-21H2,1-3H3/t31-;23-/m00/s1. The third-order valence-electron chi connectivity index (χ3n) is 18.1. The van der Waals surface area contributed by atoms with Crippen LogP contribution in [-0.4, -0.2) is 160 Å². The molecular weight excluding hydrogens is 1160 g/mol. The lowest BCUT2D eigenvalue weighted by Gasteiger charge is -2.38. The van der Waals surface area contributed by atoms with Gasteiger partial charge in [0.15, 0.2) is 0 Å². The Morgan fingerprint density at radius 3 is 1.53 bits per heavy atom. The monoisotopic (exact) mass is 1250 g/mol. The van der Waals surface area contributed by atoms with Crippen molar-refractivity contribution in [1.82, 2.24) is 34.6 Å². The molecule has 486 valence electrons. The Hall–Kier alpha value is -8.81. The van der Waals surface area contributed by atoms with Crippen molar-refractivity contribution in [2.75, 3.05) is 98.3 Å². The predicted octanol–water partition coefficient (Wildman–Crippen LogP) is 12.4. The summed E-state index contributed by atoms with van der Waals surface area (Å²) in [6, 6.07) is 35.0. The number of phenols is 1. The molecule has 6 aliphatic heterocycles. The minimum atomic E-state index is -0.571. The van der Waals surface area contributed by atoms with Gasteiger partial charge in [-0.15, -0.1) is 0 Å². The molecule has 1 N–H and O–H groups in total. The fourth-order valence-corrected chi connectivity index (χ4v) is 13.6. The van der Waals surface area contributed by atoms with E-state index in [2.05, 4.69) is 69.0 Å². The van der Waals surface area contributed by atoms with Gasteiger partial charge < -0.3 is 63.1 Å². The number of carbonyl (C=O) groups is 3. The molecule has 3 amide bonds. The summed E-state index contributed by atoms with van der Waals surface area (Å²) >= 11 is 0. The second-order valence-corrected chi connectivity index (χ2v) is 27.2. The number of hydrogen-bond acceptors (Lipinski definition) is 17. The lowest BCUT2D eigenvalue weighted by atomic mass is 10.0. The van der Waals surface area contributed by atoms with Crippen LogP contribution in [0.15, 0.2) is 103 Å². The van der Waals surface area contributed by atoms with E-state index in [-0.39, 0.29) is 49.3 Å². The van der Waals surface area contributed by atoms with E-state index >= 15 is 0 Å². The van der Waals surface area contributed by atoms with E-state index in [4.69, 9.17) is 43.6 Å². The molecule has 4 saturated heterocycles. The van der Waals surface area contributed by atoms with Gasteiger partial charge in [-0.05, 0) is 140 Å². The molecule has 0 saturated carbocycles. The number of carbonyl (C=O) groups excluding carboxylic acids is 3. The van der Waals surface area contributed by atoms with Gasteiger partial charge in [-0.3, -0.25) is 0 Å². The molecule has 8 heterocycles. The van der Waals surface area contributed by atoms with Gasteiger partial charge in [0.2, 0.25) is 0 Å². The number of anilines is 4. The van der Waals surface area contributed by atoms with E-state index in [1.807, 2.05) is 102 Å². The average Bonchev–Trinajstić information content (AvgIpc) is 0.927. The largest absolute Gasteiger partial charge is 0.508 e. The number of piperazine rings is 1. The molecule has 7 aromatic rings. The molecule has 20 nitrogen and oxygen atoms in total. The maximum absolute atomic E-state index is 13.0. The number of ether oxygens (including phenoxy) is 5. The number of aromatic hydroxyl groups is 1. The fourth-order valence-electron chi connectivity index (χ4n) is 13.6. The molecule has 0 bridgehead atoms. The van der Waals surface area contributed by atoms with Gasteiger partial charge in [-0.2, -0.15) is 19.9 Å². The van der Waals surface area contributed by atoms with Crippen LogP contribution >= 0.6 is 0 Å². The molecule has 0 radical (unpaired) electrons. The molecule has 13 rings (SSSR count). The van der Waals surface area contributed by atoms with E-state index < -0.39 is 11.2 Å². The van der Waals surface area contributed by atoms with Gasteiger partial charge in [0.1, 0.15) is 48.4 Å². The molecule has 92 heavy (non-hydrogen) atoms. The second-order valence-electron chi connectivity index (χ2n) is 27.2. The van der Waals surface area contributed by atoms with Crippen LogP contribution in [0.2, 0.25) is 0 Å². The van der Waals surface area contributed by atoms with Crippen molar-refractivity contribution >= 4 is 62.8 Å². The third kappa shape index (κ3) is 15.1. The Morgan fingerprint density at radius 2 is 1.00 bits per heavy atom. The zero-order valence-corrected chi connectivity index (χ0v) is 54.6. The molecule has 5 aromatic carbocycles. The number of fused-ring (bicyclic) bond motifs is 4. The summed E-state index contributed by atoms with van der Waals surface area (Å²) in [5.41, 5.74) is 7.48. The first kappa shape index (κ1) is 63.3. The van der Waals surface area contributed by atoms with Crippen molar-refractivity contribution in [2.24, 2.45) is 0 Å². The van der Waals surface area contributed by atoms with Crippen molar-refractivity contribution < 1.29 is 43.2 Å². The van der Waals surface area contributed by atoms with Gasteiger partial charge in [-0.1, -0.05) is 84.9 Å². The fraction of sp³-hybridized carbons (Fsp3) is 0.486. The Balaban J connectivity index is 0.000000182. The number of amides is 3.